The van der Waals surface area contributed by atoms with Crippen LogP contribution < -0.4 is 0 Å². The maximum atomic E-state index is 14.2. The molecule has 0 radical (unpaired) electrons. The number of phenolic OH excluding ortho intramolecular Hbond substituents is 1. The summed E-state index contributed by atoms with van der Waals surface area (Å²) in [6, 6.07) is 18.6. The molecule has 0 atom stereocenters. The number of aromatic nitrogens is 1. The van der Waals surface area contributed by atoms with E-state index in [9.17, 15) is 25.3 Å². The van der Waals surface area contributed by atoms with E-state index in [0.29, 0.717) is 50.2 Å². The van der Waals surface area contributed by atoms with Gasteiger partial charge in [-0.15, -0.1) is 0 Å². The number of phenols is 1. The molecule has 5 nitrogen and oxygen atoms in total. The van der Waals surface area contributed by atoms with Gasteiger partial charge in [-0.1, -0.05) is 24.3 Å². The number of hydrogen-bond acceptors (Lipinski definition) is 5. The zero-order valence-corrected chi connectivity index (χ0v) is 16.4. The van der Waals surface area contributed by atoms with Crippen molar-refractivity contribution in [2.75, 3.05) is 0 Å². The first-order valence-electron chi connectivity index (χ1n) is 9.58. The summed E-state index contributed by atoms with van der Waals surface area (Å²) in [5.74, 6) is -0.484. The van der Waals surface area contributed by atoms with Crippen molar-refractivity contribution in [2.45, 2.75) is 0 Å². The highest BCUT2D eigenvalue weighted by Gasteiger charge is 2.37. The lowest BCUT2D eigenvalue weighted by Crippen LogP contribution is -1.94. The van der Waals surface area contributed by atoms with Crippen LogP contribution in [0.25, 0.3) is 28.0 Å². The van der Waals surface area contributed by atoms with E-state index >= 15 is 0 Å². The number of fused-ring (bicyclic) bond motifs is 4. The SMILES string of the molecule is N#C/C=C1/C(=C2\c3cccnc3-c3c(O)cccc32)C(=C(C#N)C#N)c2cc(F)ccc21. The first kappa shape index (κ1) is 19.0. The number of allylic oxidation sites excluding steroid dienone is 5. The molecular formula is C26H11FN4O. The molecule has 0 saturated carbocycles. The zero-order chi connectivity index (χ0) is 22.4. The number of benzene rings is 2. The van der Waals surface area contributed by atoms with Gasteiger partial charge in [0.1, 0.15) is 29.3 Å². The summed E-state index contributed by atoms with van der Waals surface area (Å²) in [5, 5.41) is 39.5. The summed E-state index contributed by atoms with van der Waals surface area (Å²) in [4.78, 5) is 4.44. The number of nitriles is 3. The fourth-order valence-electron chi connectivity index (χ4n) is 4.45. The largest absolute Gasteiger partial charge is 0.507 e. The highest BCUT2D eigenvalue weighted by Crippen LogP contribution is 2.56. The van der Waals surface area contributed by atoms with Crippen LogP contribution in [0.4, 0.5) is 4.39 Å². The first-order chi connectivity index (χ1) is 15.6. The van der Waals surface area contributed by atoms with Crippen LogP contribution in [0.3, 0.4) is 0 Å². The van der Waals surface area contributed by atoms with Gasteiger partial charge in [-0.25, -0.2) is 4.39 Å². The molecule has 2 aliphatic rings. The van der Waals surface area contributed by atoms with E-state index in [4.69, 9.17) is 0 Å². The van der Waals surface area contributed by atoms with Crippen LogP contribution in [0.5, 0.6) is 5.75 Å². The Morgan fingerprint density at radius 2 is 1.69 bits per heavy atom. The number of aromatic hydroxyl groups is 1. The van der Waals surface area contributed by atoms with Gasteiger partial charge in [-0.05, 0) is 41.0 Å². The van der Waals surface area contributed by atoms with E-state index < -0.39 is 5.82 Å². The third kappa shape index (κ3) is 2.50. The Kier molecular flexibility index (Phi) is 4.19. The average molecular weight is 414 g/mol. The van der Waals surface area contributed by atoms with E-state index in [1.165, 1.54) is 24.3 Å². The standard InChI is InChI=1S/C26H11FN4O/c27-15-6-7-16-17(8-9-28)25(22(20(16)11-15)14(12-29)13-30)23-18-3-1-5-21(32)24(18)26-19(23)4-2-10-31-26/h1-8,10-11,32H/b17-8+,25-23+. The topological polar surface area (TPSA) is 104 Å². The van der Waals surface area contributed by atoms with E-state index in [1.54, 1.807) is 24.4 Å². The van der Waals surface area contributed by atoms with Crippen LogP contribution in [0, 0.1) is 39.8 Å². The second-order valence-electron chi connectivity index (χ2n) is 7.20. The first-order valence-corrected chi connectivity index (χ1v) is 9.58. The van der Waals surface area contributed by atoms with Crippen LogP contribution in [-0.2, 0) is 0 Å². The Labute approximate surface area is 182 Å². The number of rotatable bonds is 0. The molecule has 2 aliphatic carbocycles. The highest BCUT2D eigenvalue weighted by atomic mass is 19.1. The number of pyridine rings is 1. The van der Waals surface area contributed by atoms with Crippen LogP contribution in [0.1, 0.15) is 22.3 Å². The summed E-state index contributed by atoms with van der Waals surface area (Å²) < 4.78 is 14.2. The molecule has 148 valence electrons. The van der Waals surface area contributed by atoms with Gasteiger partial charge in [0.15, 0.2) is 0 Å². The Morgan fingerprint density at radius 3 is 2.44 bits per heavy atom. The summed E-state index contributed by atoms with van der Waals surface area (Å²) in [6.45, 7) is 0. The second kappa shape index (κ2) is 7.06. The minimum absolute atomic E-state index is 0.0386. The van der Waals surface area contributed by atoms with Crippen molar-refractivity contribution in [1.29, 1.82) is 15.8 Å². The Bertz CT molecular complexity index is 1560. The van der Waals surface area contributed by atoms with Crippen LogP contribution >= 0.6 is 0 Å². The fraction of sp³-hybridized carbons (Fsp3) is 0. The Morgan fingerprint density at radius 1 is 0.906 bits per heavy atom. The zero-order valence-electron chi connectivity index (χ0n) is 16.4. The van der Waals surface area contributed by atoms with Crippen molar-refractivity contribution in [1.82, 2.24) is 4.98 Å². The quantitative estimate of drug-likeness (QED) is 0.402. The molecule has 0 spiro atoms. The van der Waals surface area contributed by atoms with Gasteiger partial charge in [0.2, 0.25) is 0 Å². The van der Waals surface area contributed by atoms with Gasteiger partial charge in [-0.3, -0.25) is 4.98 Å². The van der Waals surface area contributed by atoms with Gasteiger partial charge in [0.05, 0.1) is 17.3 Å². The smallest absolute Gasteiger partial charge is 0.138 e. The lowest BCUT2D eigenvalue weighted by atomic mass is 9.89. The molecule has 0 fully saturated rings. The molecule has 0 aliphatic heterocycles. The van der Waals surface area contributed by atoms with Crippen LogP contribution in [0.2, 0.25) is 0 Å². The lowest BCUT2D eigenvalue weighted by Gasteiger charge is -2.12. The molecule has 6 heteroatoms. The van der Waals surface area contributed by atoms with E-state index in [0.717, 1.165) is 0 Å². The molecule has 1 heterocycles. The van der Waals surface area contributed by atoms with Gasteiger partial charge >= 0.3 is 0 Å². The Hall–Kier alpha value is -4.99. The molecule has 1 N–H and O–H groups in total. The van der Waals surface area contributed by atoms with Crippen molar-refractivity contribution < 1.29 is 9.50 Å². The normalized spacial score (nSPS) is 16.6. The monoisotopic (exact) mass is 414 g/mol. The molecule has 0 saturated heterocycles. The van der Waals surface area contributed by atoms with Gasteiger partial charge in [-0.2, -0.15) is 15.8 Å². The highest BCUT2D eigenvalue weighted by molar-refractivity contribution is 6.20. The van der Waals surface area contributed by atoms with Crippen molar-refractivity contribution in [3.8, 4) is 35.2 Å². The van der Waals surface area contributed by atoms with Gasteiger partial charge < -0.3 is 5.11 Å². The summed E-state index contributed by atoms with van der Waals surface area (Å²) in [7, 11) is 0. The molecule has 2 aromatic carbocycles. The van der Waals surface area contributed by atoms with Crippen molar-refractivity contribution in [3.05, 3.63) is 100 Å². The fourth-order valence-corrected chi connectivity index (χ4v) is 4.45. The molecule has 0 amide bonds. The van der Waals surface area contributed by atoms with Crippen molar-refractivity contribution >= 4 is 16.7 Å². The lowest BCUT2D eigenvalue weighted by molar-refractivity contribution is 0.477. The summed E-state index contributed by atoms with van der Waals surface area (Å²) >= 11 is 0. The van der Waals surface area contributed by atoms with Gasteiger partial charge in [0.25, 0.3) is 0 Å². The molecule has 0 unspecified atom stereocenters. The average Bonchev–Trinajstić information content (AvgIpc) is 3.28. The predicted octanol–water partition coefficient (Wildman–Crippen LogP) is 5.13. The predicted molar refractivity (Wildman–Crippen MR) is 115 cm³/mol. The molecule has 1 aromatic heterocycles. The maximum absolute atomic E-state index is 14.2. The van der Waals surface area contributed by atoms with Gasteiger partial charge in [0, 0.05) is 40.1 Å². The third-order valence-electron chi connectivity index (χ3n) is 5.62. The summed E-state index contributed by atoms with van der Waals surface area (Å²) in [6.07, 6.45) is 2.94. The third-order valence-corrected chi connectivity index (χ3v) is 5.62. The minimum Gasteiger partial charge on any atom is -0.507 e. The van der Waals surface area contributed by atoms with Crippen LogP contribution in [-0.4, -0.2) is 10.1 Å². The second-order valence-corrected chi connectivity index (χ2v) is 7.20. The summed E-state index contributed by atoms with van der Waals surface area (Å²) in [5.41, 5.74) is 4.95. The number of nitrogens with zero attached hydrogens (tertiary/aromatic N) is 4. The molecule has 32 heavy (non-hydrogen) atoms. The van der Waals surface area contributed by atoms with Crippen molar-refractivity contribution in [2.24, 2.45) is 0 Å². The van der Waals surface area contributed by atoms with E-state index in [-0.39, 0.29) is 16.9 Å². The molecule has 5 rings (SSSR count). The van der Waals surface area contributed by atoms with E-state index in [2.05, 4.69) is 4.98 Å². The molecule has 3 aromatic rings. The minimum atomic E-state index is -0.523. The number of halogens is 1. The maximum Gasteiger partial charge on any atom is 0.138 e. The number of hydrogen-bond donors (Lipinski definition) is 1. The molecular weight excluding hydrogens is 403 g/mol. The van der Waals surface area contributed by atoms with E-state index in [1.807, 2.05) is 30.3 Å². The van der Waals surface area contributed by atoms with Crippen molar-refractivity contribution in [3.63, 3.8) is 0 Å². The Balaban J connectivity index is 2.04. The molecule has 0 bridgehead atoms. The van der Waals surface area contributed by atoms with Crippen LogP contribution in [0.15, 0.2) is 72.0 Å².